The maximum atomic E-state index is 12.4. The van der Waals surface area contributed by atoms with E-state index in [2.05, 4.69) is 45.5 Å². The Morgan fingerprint density at radius 1 is 1.45 bits per heavy atom. The van der Waals surface area contributed by atoms with Gasteiger partial charge in [0.1, 0.15) is 5.69 Å². The maximum Gasteiger partial charge on any atom is 0.291 e. The van der Waals surface area contributed by atoms with E-state index in [0.29, 0.717) is 17.6 Å². The summed E-state index contributed by atoms with van der Waals surface area (Å²) < 4.78 is 2.32. The van der Waals surface area contributed by atoms with Crippen LogP contribution in [0.2, 0.25) is 0 Å². The molecule has 1 heterocycles. The van der Waals surface area contributed by atoms with E-state index in [4.69, 9.17) is 0 Å². The SMILES string of the molecule is CC(C)NCCNc1c(Br)cnn(CC2CCC2)c1=O. The van der Waals surface area contributed by atoms with E-state index in [1.165, 1.54) is 19.3 Å². The lowest BCUT2D eigenvalue weighted by Crippen LogP contribution is -2.33. The van der Waals surface area contributed by atoms with Crippen LogP contribution in [0.4, 0.5) is 5.69 Å². The van der Waals surface area contributed by atoms with Crippen LogP contribution in [-0.4, -0.2) is 28.9 Å². The van der Waals surface area contributed by atoms with Gasteiger partial charge in [-0.05, 0) is 34.7 Å². The predicted molar refractivity (Wildman–Crippen MR) is 85.2 cm³/mol. The highest BCUT2D eigenvalue weighted by molar-refractivity contribution is 9.10. The van der Waals surface area contributed by atoms with Crippen LogP contribution < -0.4 is 16.2 Å². The van der Waals surface area contributed by atoms with Crippen molar-refractivity contribution in [1.29, 1.82) is 0 Å². The van der Waals surface area contributed by atoms with Gasteiger partial charge in [0.2, 0.25) is 0 Å². The van der Waals surface area contributed by atoms with Gasteiger partial charge in [0.15, 0.2) is 0 Å². The zero-order chi connectivity index (χ0) is 14.5. The van der Waals surface area contributed by atoms with Crippen LogP contribution in [0.15, 0.2) is 15.5 Å². The molecule has 1 fully saturated rings. The summed E-state index contributed by atoms with van der Waals surface area (Å²) in [5.41, 5.74) is 0.584. The van der Waals surface area contributed by atoms with Gasteiger partial charge in [-0.25, -0.2) is 4.68 Å². The van der Waals surface area contributed by atoms with E-state index in [-0.39, 0.29) is 5.56 Å². The number of nitrogens with one attached hydrogen (secondary N) is 2. The zero-order valence-electron chi connectivity index (χ0n) is 12.2. The van der Waals surface area contributed by atoms with Crippen LogP contribution in [0.1, 0.15) is 33.1 Å². The van der Waals surface area contributed by atoms with E-state index in [9.17, 15) is 4.79 Å². The van der Waals surface area contributed by atoms with E-state index >= 15 is 0 Å². The number of anilines is 1. The normalized spacial score (nSPS) is 15.4. The molecule has 0 aromatic carbocycles. The topological polar surface area (TPSA) is 59.0 Å². The Balaban J connectivity index is 1.99. The largest absolute Gasteiger partial charge is 0.378 e. The van der Waals surface area contributed by atoms with Gasteiger partial charge in [0.25, 0.3) is 5.56 Å². The van der Waals surface area contributed by atoms with Gasteiger partial charge >= 0.3 is 0 Å². The van der Waals surface area contributed by atoms with Crippen LogP contribution in [-0.2, 0) is 6.54 Å². The first kappa shape index (κ1) is 15.5. The van der Waals surface area contributed by atoms with Crippen LogP contribution in [0.5, 0.6) is 0 Å². The van der Waals surface area contributed by atoms with Crippen LogP contribution in [0, 0.1) is 5.92 Å². The molecule has 5 nitrogen and oxygen atoms in total. The van der Waals surface area contributed by atoms with Gasteiger partial charge < -0.3 is 10.6 Å². The average molecular weight is 343 g/mol. The minimum Gasteiger partial charge on any atom is -0.378 e. The molecule has 1 aromatic rings. The summed E-state index contributed by atoms with van der Waals surface area (Å²) in [4.78, 5) is 12.4. The molecule has 1 aliphatic rings. The predicted octanol–water partition coefficient (Wildman–Crippen LogP) is 2.22. The van der Waals surface area contributed by atoms with Crippen molar-refractivity contribution in [3.8, 4) is 0 Å². The summed E-state index contributed by atoms with van der Waals surface area (Å²) in [5, 5.41) is 10.7. The van der Waals surface area contributed by atoms with Crippen molar-refractivity contribution in [3.63, 3.8) is 0 Å². The molecular weight excluding hydrogens is 320 g/mol. The number of nitrogens with zero attached hydrogens (tertiary/aromatic N) is 2. The first-order valence-corrected chi connectivity index (χ1v) is 8.10. The second-order valence-corrected chi connectivity index (χ2v) is 6.54. The van der Waals surface area contributed by atoms with Crippen molar-refractivity contribution in [3.05, 3.63) is 21.0 Å². The lowest BCUT2D eigenvalue weighted by molar-refractivity contribution is 0.262. The molecule has 2 rings (SSSR count). The summed E-state index contributed by atoms with van der Waals surface area (Å²) in [7, 11) is 0. The number of hydrogen-bond acceptors (Lipinski definition) is 4. The fourth-order valence-electron chi connectivity index (χ4n) is 2.23. The average Bonchev–Trinajstić information content (AvgIpc) is 2.34. The van der Waals surface area contributed by atoms with Crippen molar-refractivity contribution in [2.75, 3.05) is 18.4 Å². The number of aromatic nitrogens is 2. The molecule has 6 heteroatoms. The summed E-state index contributed by atoms with van der Waals surface area (Å²) in [6.45, 7) is 6.50. The van der Waals surface area contributed by atoms with Crippen molar-refractivity contribution in [2.24, 2.45) is 5.92 Å². The van der Waals surface area contributed by atoms with Gasteiger partial charge in [-0.15, -0.1) is 0 Å². The first-order valence-electron chi connectivity index (χ1n) is 7.31. The molecule has 0 amide bonds. The van der Waals surface area contributed by atoms with Gasteiger partial charge in [-0.1, -0.05) is 20.3 Å². The molecule has 20 heavy (non-hydrogen) atoms. The molecule has 2 N–H and O–H groups in total. The lowest BCUT2D eigenvalue weighted by atomic mass is 9.85. The number of halogens is 1. The van der Waals surface area contributed by atoms with E-state index in [1.807, 2.05) is 0 Å². The minimum atomic E-state index is -0.0316. The molecule has 0 radical (unpaired) electrons. The Labute approximate surface area is 128 Å². The fraction of sp³-hybridized carbons (Fsp3) is 0.714. The Hall–Kier alpha value is -0.880. The van der Waals surface area contributed by atoms with Crippen molar-refractivity contribution in [2.45, 2.75) is 45.7 Å². The summed E-state index contributed by atoms with van der Waals surface area (Å²) in [6, 6.07) is 0.452. The molecule has 1 aliphatic carbocycles. The van der Waals surface area contributed by atoms with E-state index in [1.54, 1.807) is 10.9 Å². The Kier molecular flexibility index (Phi) is 5.60. The van der Waals surface area contributed by atoms with Gasteiger partial charge in [0.05, 0.1) is 10.7 Å². The summed E-state index contributed by atoms with van der Waals surface area (Å²) >= 11 is 3.40. The summed E-state index contributed by atoms with van der Waals surface area (Å²) in [6.07, 6.45) is 5.41. The molecular formula is C14H23BrN4O. The molecule has 1 saturated carbocycles. The van der Waals surface area contributed by atoms with Gasteiger partial charge in [-0.2, -0.15) is 5.10 Å². The molecule has 0 aliphatic heterocycles. The fourth-order valence-corrected chi connectivity index (χ4v) is 2.63. The highest BCUT2D eigenvalue weighted by Crippen LogP contribution is 2.27. The van der Waals surface area contributed by atoms with E-state index < -0.39 is 0 Å². The third-order valence-corrected chi connectivity index (χ3v) is 4.23. The number of rotatable bonds is 7. The lowest BCUT2D eigenvalue weighted by Gasteiger charge is -2.25. The Morgan fingerprint density at radius 3 is 2.80 bits per heavy atom. The van der Waals surface area contributed by atoms with Crippen molar-refractivity contribution >= 4 is 21.6 Å². The van der Waals surface area contributed by atoms with Gasteiger partial charge in [0, 0.05) is 25.7 Å². The second-order valence-electron chi connectivity index (χ2n) is 5.69. The maximum absolute atomic E-state index is 12.4. The Morgan fingerprint density at radius 2 is 2.20 bits per heavy atom. The van der Waals surface area contributed by atoms with Gasteiger partial charge in [-0.3, -0.25) is 4.79 Å². The highest BCUT2D eigenvalue weighted by Gasteiger charge is 2.20. The molecule has 112 valence electrons. The van der Waals surface area contributed by atoms with Crippen LogP contribution >= 0.6 is 15.9 Å². The van der Waals surface area contributed by atoms with Crippen LogP contribution in [0.25, 0.3) is 0 Å². The molecule has 0 spiro atoms. The second kappa shape index (κ2) is 7.22. The molecule has 0 saturated heterocycles. The van der Waals surface area contributed by atoms with Crippen molar-refractivity contribution < 1.29 is 0 Å². The third kappa shape index (κ3) is 4.06. The molecule has 0 bridgehead atoms. The highest BCUT2D eigenvalue weighted by atomic mass is 79.9. The first-order chi connectivity index (χ1) is 9.58. The molecule has 0 unspecified atom stereocenters. The summed E-state index contributed by atoms with van der Waals surface area (Å²) in [5.74, 6) is 0.622. The standard InChI is InChI=1S/C14H23BrN4O/c1-10(2)16-6-7-17-13-12(15)8-18-19(14(13)20)9-11-4-3-5-11/h8,10-11,16-17H,3-7,9H2,1-2H3. The Bertz CT molecular complexity index is 496. The molecule has 0 atom stereocenters. The van der Waals surface area contributed by atoms with E-state index in [0.717, 1.165) is 24.1 Å². The number of hydrogen-bond donors (Lipinski definition) is 2. The quantitative estimate of drug-likeness (QED) is 0.746. The third-order valence-electron chi connectivity index (χ3n) is 3.63. The smallest absolute Gasteiger partial charge is 0.291 e. The van der Waals surface area contributed by atoms with Crippen LogP contribution in [0.3, 0.4) is 0 Å². The molecule has 1 aromatic heterocycles. The zero-order valence-corrected chi connectivity index (χ0v) is 13.7. The minimum absolute atomic E-state index is 0.0316. The monoisotopic (exact) mass is 342 g/mol. The van der Waals surface area contributed by atoms with Crippen molar-refractivity contribution in [1.82, 2.24) is 15.1 Å².